The van der Waals surface area contributed by atoms with Gasteiger partial charge in [0.25, 0.3) is 0 Å². The van der Waals surface area contributed by atoms with E-state index in [-0.39, 0.29) is 6.04 Å². The second-order valence-corrected chi connectivity index (χ2v) is 5.95. The lowest BCUT2D eigenvalue weighted by Crippen LogP contribution is -2.13. The summed E-state index contributed by atoms with van der Waals surface area (Å²) < 4.78 is 5.60. The zero-order chi connectivity index (χ0) is 14.2. The zero-order valence-corrected chi connectivity index (χ0v) is 12.0. The fourth-order valence-corrected chi connectivity index (χ4v) is 3.40. The highest BCUT2D eigenvalue weighted by atomic mass is 16.3. The van der Waals surface area contributed by atoms with E-state index in [4.69, 9.17) is 10.2 Å². The molecule has 0 radical (unpaired) electrons. The lowest BCUT2D eigenvalue weighted by Gasteiger charge is -2.11. The molecule has 106 valence electrons. The van der Waals surface area contributed by atoms with E-state index < -0.39 is 0 Å². The molecule has 2 nitrogen and oxygen atoms in total. The Bertz CT molecular complexity index is 787. The quantitative estimate of drug-likeness (QED) is 0.780. The first-order valence-corrected chi connectivity index (χ1v) is 7.63. The third-order valence-electron chi connectivity index (χ3n) is 4.53. The molecule has 0 bridgehead atoms. The minimum atomic E-state index is -0.0203. The van der Waals surface area contributed by atoms with Crippen LogP contribution in [0, 0.1) is 0 Å². The minimum Gasteiger partial charge on any atom is -0.464 e. The van der Waals surface area contributed by atoms with E-state index in [0.29, 0.717) is 0 Å². The van der Waals surface area contributed by atoms with Crippen molar-refractivity contribution >= 4 is 11.0 Å². The van der Waals surface area contributed by atoms with Crippen molar-refractivity contribution in [3.8, 4) is 0 Å². The summed E-state index contributed by atoms with van der Waals surface area (Å²) in [4.78, 5) is 0. The van der Waals surface area contributed by atoms with Gasteiger partial charge in [-0.1, -0.05) is 36.4 Å². The molecule has 1 heterocycles. The number of hydrogen-bond acceptors (Lipinski definition) is 2. The first-order valence-electron chi connectivity index (χ1n) is 7.63. The molecular weight excluding hydrogens is 258 g/mol. The van der Waals surface area contributed by atoms with Gasteiger partial charge >= 0.3 is 0 Å². The van der Waals surface area contributed by atoms with Crippen LogP contribution in [0.4, 0.5) is 0 Å². The molecule has 4 rings (SSSR count). The monoisotopic (exact) mass is 277 g/mol. The predicted octanol–water partition coefficient (Wildman–Crippen LogP) is 4.16. The Balaban J connectivity index is 1.62. The van der Waals surface area contributed by atoms with Gasteiger partial charge < -0.3 is 10.2 Å². The van der Waals surface area contributed by atoms with Gasteiger partial charge in [-0.25, -0.2) is 0 Å². The van der Waals surface area contributed by atoms with E-state index in [1.54, 1.807) is 0 Å². The fraction of sp³-hybridized carbons (Fsp3) is 0.263. The average molecular weight is 277 g/mol. The summed E-state index contributed by atoms with van der Waals surface area (Å²) in [6.45, 7) is 0. The van der Waals surface area contributed by atoms with Crippen LogP contribution in [0.15, 0.2) is 53.1 Å². The molecule has 1 aromatic heterocycles. The molecule has 0 aliphatic heterocycles. The van der Waals surface area contributed by atoms with Crippen LogP contribution in [0.2, 0.25) is 0 Å². The number of para-hydroxylation sites is 1. The molecular formula is C19H19NO. The van der Waals surface area contributed by atoms with Crippen LogP contribution in [0.1, 0.15) is 34.7 Å². The lowest BCUT2D eigenvalue weighted by atomic mass is 9.97. The van der Waals surface area contributed by atoms with E-state index in [9.17, 15) is 0 Å². The summed E-state index contributed by atoms with van der Waals surface area (Å²) in [6.07, 6.45) is 6.40. The van der Waals surface area contributed by atoms with E-state index >= 15 is 0 Å². The van der Waals surface area contributed by atoms with Crippen molar-refractivity contribution in [3.05, 3.63) is 71.0 Å². The van der Waals surface area contributed by atoms with Crippen LogP contribution in [0.3, 0.4) is 0 Å². The summed E-state index contributed by atoms with van der Waals surface area (Å²) in [6, 6.07) is 14.9. The third-order valence-corrected chi connectivity index (χ3v) is 4.53. The van der Waals surface area contributed by atoms with Crippen LogP contribution in [0.5, 0.6) is 0 Å². The smallest absolute Gasteiger partial charge is 0.134 e. The molecule has 2 aromatic carbocycles. The van der Waals surface area contributed by atoms with Crippen LogP contribution in [-0.2, 0) is 19.3 Å². The number of hydrogen-bond donors (Lipinski definition) is 1. The van der Waals surface area contributed by atoms with Crippen molar-refractivity contribution in [1.82, 2.24) is 0 Å². The van der Waals surface area contributed by atoms with Gasteiger partial charge in [0.2, 0.25) is 0 Å². The molecule has 1 aliphatic carbocycles. The molecule has 3 aromatic rings. The van der Waals surface area contributed by atoms with Gasteiger partial charge in [0.05, 0.1) is 6.26 Å². The van der Waals surface area contributed by atoms with Crippen LogP contribution >= 0.6 is 0 Å². The topological polar surface area (TPSA) is 39.2 Å². The molecule has 21 heavy (non-hydrogen) atoms. The van der Waals surface area contributed by atoms with E-state index in [1.807, 2.05) is 24.5 Å². The summed E-state index contributed by atoms with van der Waals surface area (Å²) in [5.41, 5.74) is 12.8. The maximum atomic E-state index is 6.42. The molecule has 0 amide bonds. The van der Waals surface area contributed by atoms with Gasteiger partial charge in [0.1, 0.15) is 5.58 Å². The second kappa shape index (κ2) is 5.05. The number of fused-ring (bicyclic) bond motifs is 2. The minimum absolute atomic E-state index is 0.0203. The van der Waals surface area contributed by atoms with Crippen LogP contribution < -0.4 is 5.73 Å². The summed E-state index contributed by atoms with van der Waals surface area (Å²) in [7, 11) is 0. The number of furan rings is 1. The van der Waals surface area contributed by atoms with Crippen molar-refractivity contribution in [2.45, 2.75) is 31.7 Å². The molecule has 1 atom stereocenters. The van der Waals surface area contributed by atoms with E-state index in [1.165, 1.54) is 36.0 Å². The highest BCUT2D eigenvalue weighted by Crippen LogP contribution is 2.29. The second-order valence-electron chi connectivity index (χ2n) is 5.95. The fourth-order valence-electron chi connectivity index (χ4n) is 3.40. The van der Waals surface area contributed by atoms with E-state index in [0.717, 1.165) is 23.0 Å². The number of aryl methyl sites for hydroxylation is 2. The van der Waals surface area contributed by atoms with Crippen LogP contribution in [-0.4, -0.2) is 0 Å². The van der Waals surface area contributed by atoms with E-state index in [2.05, 4.69) is 24.3 Å². The molecule has 1 unspecified atom stereocenters. The Kier molecular flexibility index (Phi) is 3.04. The third kappa shape index (κ3) is 2.26. The summed E-state index contributed by atoms with van der Waals surface area (Å²) in [5.74, 6) is 0. The molecule has 0 saturated heterocycles. The van der Waals surface area contributed by atoms with Crippen LogP contribution in [0.25, 0.3) is 11.0 Å². The van der Waals surface area contributed by atoms with Gasteiger partial charge in [-0.05, 0) is 48.4 Å². The first kappa shape index (κ1) is 12.7. The Hall–Kier alpha value is -2.06. The Morgan fingerprint density at radius 3 is 2.86 bits per heavy atom. The number of rotatable bonds is 3. The van der Waals surface area contributed by atoms with Crippen molar-refractivity contribution in [2.24, 2.45) is 5.73 Å². The maximum absolute atomic E-state index is 6.42. The molecule has 0 fully saturated rings. The standard InChI is InChI=1S/C19H19NO/c20-18(17-12-21-19-7-2-1-6-16(17)19)11-13-8-9-14-4-3-5-15(14)10-13/h1-2,6-10,12,18H,3-5,11,20H2. The van der Waals surface area contributed by atoms with Crippen molar-refractivity contribution in [1.29, 1.82) is 0 Å². The first-order chi connectivity index (χ1) is 10.3. The van der Waals surface area contributed by atoms with Gasteiger partial charge in [-0.3, -0.25) is 0 Å². The normalized spacial score (nSPS) is 15.3. The average Bonchev–Trinajstić information content (AvgIpc) is 3.13. The Morgan fingerprint density at radius 2 is 1.90 bits per heavy atom. The lowest BCUT2D eigenvalue weighted by molar-refractivity contribution is 0.599. The molecule has 0 spiro atoms. The number of benzene rings is 2. The zero-order valence-electron chi connectivity index (χ0n) is 12.0. The molecule has 2 heteroatoms. The highest BCUT2D eigenvalue weighted by Gasteiger charge is 2.16. The SMILES string of the molecule is NC(Cc1ccc2c(c1)CCC2)c1coc2ccccc12. The molecule has 1 aliphatic rings. The van der Waals surface area contributed by atoms with Crippen molar-refractivity contribution < 1.29 is 4.42 Å². The number of nitrogens with two attached hydrogens (primary N) is 1. The largest absolute Gasteiger partial charge is 0.464 e. The Labute approximate surface area is 124 Å². The summed E-state index contributed by atoms with van der Waals surface area (Å²) in [5, 5.41) is 1.13. The highest BCUT2D eigenvalue weighted by molar-refractivity contribution is 5.81. The van der Waals surface area contributed by atoms with Gasteiger partial charge in [-0.15, -0.1) is 0 Å². The Morgan fingerprint density at radius 1 is 1.05 bits per heavy atom. The molecule has 2 N–H and O–H groups in total. The van der Waals surface area contributed by atoms with Crippen molar-refractivity contribution in [3.63, 3.8) is 0 Å². The van der Waals surface area contributed by atoms with Gasteiger partial charge in [0.15, 0.2) is 0 Å². The molecule has 0 saturated carbocycles. The van der Waals surface area contributed by atoms with Gasteiger partial charge in [-0.2, -0.15) is 0 Å². The summed E-state index contributed by atoms with van der Waals surface area (Å²) >= 11 is 0. The van der Waals surface area contributed by atoms with Gasteiger partial charge in [0, 0.05) is 17.0 Å². The maximum Gasteiger partial charge on any atom is 0.134 e. The predicted molar refractivity (Wildman–Crippen MR) is 85.3 cm³/mol. The van der Waals surface area contributed by atoms with Crippen molar-refractivity contribution in [2.75, 3.05) is 0 Å².